The van der Waals surface area contributed by atoms with E-state index in [1.165, 1.54) is 12.1 Å². The molecule has 1 aromatic rings. The van der Waals surface area contributed by atoms with Gasteiger partial charge in [0.25, 0.3) is 6.43 Å². The van der Waals surface area contributed by atoms with Crippen molar-refractivity contribution in [3.8, 4) is 5.75 Å². The Kier molecular flexibility index (Phi) is 9.16. The summed E-state index contributed by atoms with van der Waals surface area (Å²) < 4.78 is 26.7. The van der Waals surface area contributed by atoms with E-state index in [1.807, 2.05) is 0 Å². The number of alkyl halides is 2. The first kappa shape index (κ1) is 21.0. The highest BCUT2D eigenvalue weighted by molar-refractivity contribution is 6.35. The number of halogens is 6. The molecule has 0 saturated carbocycles. The van der Waals surface area contributed by atoms with Gasteiger partial charge in [-0.25, -0.2) is 8.78 Å². The number of phenols is 1. The predicted octanol–water partition coefficient (Wildman–Crippen LogP) is 3.75. The van der Waals surface area contributed by atoms with E-state index in [1.54, 1.807) is 4.90 Å². The Morgan fingerprint density at radius 1 is 1.14 bits per heavy atom. The minimum atomic E-state index is -2.63. The van der Waals surface area contributed by atoms with Crippen LogP contribution in [-0.2, 0) is 0 Å². The summed E-state index contributed by atoms with van der Waals surface area (Å²) in [6.45, 7) is 2.24. The van der Waals surface area contributed by atoms with Gasteiger partial charge in [0.1, 0.15) is 11.8 Å². The van der Waals surface area contributed by atoms with E-state index < -0.39 is 12.5 Å². The van der Waals surface area contributed by atoms with E-state index in [0.29, 0.717) is 26.2 Å². The molecule has 1 saturated heterocycles. The molecule has 122 valence electrons. The van der Waals surface area contributed by atoms with E-state index in [4.69, 9.17) is 23.2 Å². The lowest BCUT2D eigenvalue weighted by Crippen LogP contribution is -2.46. The zero-order valence-electron chi connectivity index (χ0n) is 10.9. The average Bonchev–Trinajstić information content (AvgIpc) is 2.36. The summed E-state index contributed by atoms with van der Waals surface area (Å²) in [5.74, 6) is -0.324. The lowest BCUT2D eigenvalue weighted by molar-refractivity contribution is 0.0170. The second-order valence-electron chi connectivity index (χ2n) is 4.39. The maximum Gasteiger partial charge on any atom is 0.258 e. The van der Waals surface area contributed by atoms with Crippen LogP contribution in [0.4, 0.5) is 8.78 Å². The molecule has 1 aliphatic heterocycles. The third-order valence-electron chi connectivity index (χ3n) is 3.16. The number of hydrogen-bond acceptors (Lipinski definition) is 3. The van der Waals surface area contributed by atoms with E-state index in [-0.39, 0.29) is 46.2 Å². The molecule has 21 heavy (non-hydrogen) atoms. The number of phenolic OH excluding ortho intramolecular Hbond substituents is 1. The maximum atomic E-state index is 13.4. The third kappa shape index (κ3) is 4.98. The van der Waals surface area contributed by atoms with Crippen LogP contribution < -0.4 is 5.32 Å². The van der Waals surface area contributed by atoms with Crippen LogP contribution in [-0.4, -0.2) is 42.6 Å². The van der Waals surface area contributed by atoms with E-state index in [0.717, 1.165) is 0 Å². The summed E-state index contributed by atoms with van der Waals surface area (Å²) in [5, 5.41) is 13.2. The zero-order valence-corrected chi connectivity index (χ0v) is 14.0. The van der Waals surface area contributed by atoms with Crippen molar-refractivity contribution in [2.75, 3.05) is 26.2 Å². The number of aromatic hydroxyl groups is 1. The van der Waals surface area contributed by atoms with Gasteiger partial charge in [-0.1, -0.05) is 23.2 Å². The van der Waals surface area contributed by atoms with Crippen LogP contribution in [0.1, 0.15) is 11.6 Å². The molecule has 1 atom stereocenters. The fourth-order valence-electron chi connectivity index (χ4n) is 2.26. The Hall–Kier alpha value is -0.0400. The summed E-state index contributed by atoms with van der Waals surface area (Å²) in [4.78, 5) is 1.63. The van der Waals surface area contributed by atoms with Gasteiger partial charge in [0.2, 0.25) is 0 Å². The molecule has 0 unspecified atom stereocenters. The monoisotopic (exact) mass is 382 g/mol. The Balaban J connectivity index is 0.00000200. The van der Waals surface area contributed by atoms with Crippen LogP contribution in [0, 0.1) is 0 Å². The van der Waals surface area contributed by atoms with Gasteiger partial charge >= 0.3 is 0 Å². The molecule has 0 amide bonds. The second-order valence-corrected chi connectivity index (χ2v) is 5.23. The van der Waals surface area contributed by atoms with E-state index in [9.17, 15) is 13.9 Å². The molecule has 2 rings (SSSR count). The van der Waals surface area contributed by atoms with Crippen LogP contribution in [0.15, 0.2) is 12.1 Å². The maximum absolute atomic E-state index is 13.4. The Labute approximate surface area is 144 Å². The summed E-state index contributed by atoms with van der Waals surface area (Å²) in [5.41, 5.74) is 0.0781. The van der Waals surface area contributed by atoms with E-state index >= 15 is 0 Å². The number of benzene rings is 1. The third-order valence-corrected chi connectivity index (χ3v) is 3.67. The van der Waals surface area contributed by atoms with Crippen molar-refractivity contribution in [2.45, 2.75) is 12.5 Å². The van der Waals surface area contributed by atoms with Gasteiger partial charge in [-0.15, -0.1) is 24.8 Å². The number of piperazine rings is 1. The smallest absolute Gasteiger partial charge is 0.258 e. The molecule has 3 nitrogen and oxygen atoms in total. The van der Waals surface area contributed by atoms with Gasteiger partial charge in [-0.05, 0) is 12.1 Å². The molecule has 0 aromatic heterocycles. The molecule has 1 aliphatic rings. The Bertz CT molecular complexity index is 459. The van der Waals surface area contributed by atoms with Crippen LogP contribution in [0.25, 0.3) is 0 Å². The Morgan fingerprint density at radius 3 is 2.24 bits per heavy atom. The van der Waals surface area contributed by atoms with Crippen molar-refractivity contribution >= 4 is 48.0 Å². The lowest BCUT2D eigenvalue weighted by Gasteiger charge is -2.35. The molecular formula is C12H16Cl4F2N2O. The van der Waals surface area contributed by atoms with Crippen LogP contribution in [0.5, 0.6) is 5.75 Å². The fraction of sp³-hybridized carbons (Fsp3) is 0.500. The van der Waals surface area contributed by atoms with Crippen molar-refractivity contribution in [3.63, 3.8) is 0 Å². The number of nitrogens with one attached hydrogen (secondary N) is 1. The topological polar surface area (TPSA) is 35.5 Å². The van der Waals surface area contributed by atoms with Crippen molar-refractivity contribution in [2.24, 2.45) is 0 Å². The molecule has 0 spiro atoms. The van der Waals surface area contributed by atoms with Crippen LogP contribution >= 0.6 is 48.0 Å². The molecule has 1 fully saturated rings. The highest BCUT2D eigenvalue weighted by atomic mass is 35.5. The van der Waals surface area contributed by atoms with Gasteiger partial charge in [-0.2, -0.15) is 0 Å². The number of hydrogen-bond donors (Lipinski definition) is 2. The first-order valence-corrected chi connectivity index (χ1v) is 6.67. The van der Waals surface area contributed by atoms with Crippen molar-refractivity contribution < 1.29 is 13.9 Å². The SMILES string of the molecule is Cl.Cl.Oc1c(Cl)cc(Cl)cc1[C@@H](C(F)F)N1CCNCC1. The predicted molar refractivity (Wildman–Crippen MR) is 85.8 cm³/mol. The highest BCUT2D eigenvalue weighted by Crippen LogP contribution is 2.39. The molecule has 0 aliphatic carbocycles. The van der Waals surface area contributed by atoms with Gasteiger partial charge in [0.05, 0.1) is 5.02 Å². The minimum Gasteiger partial charge on any atom is -0.506 e. The molecule has 0 radical (unpaired) electrons. The first-order chi connectivity index (χ1) is 9.00. The second kappa shape index (κ2) is 9.18. The first-order valence-electron chi connectivity index (χ1n) is 5.91. The van der Waals surface area contributed by atoms with Gasteiger partial charge < -0.3 is 10.4 Å². The normalized spacial score (nSPS) is 17.0. The van der Waals surface area contributed by atoms with Gasteiger partial charge in [-0.3, -0.25) is 4.90 Å². The van der Waals surface area contributed by atoms with Crippen molar-refractivity contribution in [1.29, 1.82) is 0 Å². The summed E-state index contributed by atoms with van der Waals surface area (Å²) in [6.07, 6.45) is -2.63. The number of nitrogens with zero attached hydrogens (tertiary/aromatic N) is 1. The summed E-state index contributed by atoms with van der Waals surface area (Å²) in [6, 6.07) is 1.49. The summed E-state index contributed by atoms with van der Waals surface area (Å²) in [7, 11) is 0. The van der Waals surface area contributed by atoms with Crippen molar-refractivity contribution in [1.82, 2.24) is 10.2 Å². The molecule has 1 aromatic carbocycles. The summed E-state index contributed by atoms with van der Waals surface area (Å²) >= 11 is 11.6. The molecule has 0 bridgehead atoms. The van der Waals surface area contributed by atoms with Gasteiger partial charge in [0, 0.05) is 36.8 Å². The van der Waals surface area contributed by atoms with Crippen LogP contribution in [0.3, 0.4) is 0 Å². The largest absolute Gasteiger partial charge is 0.506 e. The van der Waals surface area contributed by atoms with Crippen molar-refractivity contribution in [3.05, 3.63) is 27.7 Å². The fourth-order valence-corrected chi connectivity index (χ4v) is 2.77. The van der Waals surface area contributed by atoms with E-state index in [2.05, 4.69) is 5.32 Å². The average molecular weight is 384 g/mol. The Morgan fingerprint density at radius 2 is 1.71 bits per heavy atom. The van der Waals surface area contributed by atoms with Crippen LogP contribution in [0.2, 0.25) is 10.0 Å². The van der Waals surface area contributed by atoms with Gasteiger partial charge in [0.15, 0.2) is 0 Å². The molecule has 9 heteroatoms. The zero-order chi connectivity index (χ0) is 14.0. The lowest BCUT2D eigenvalue weighted by atomic mass is 10.0. The highest BCUT2D eigenvalue weighted by Gasteiger charge is 2.32. The minimum absolute atomic E-state index is 0. The molecule has 1 heterocycles. The quantitative estimate of drug-likeness (QED) is 0.834. The number of rotatable bonds is 3. The molecule has 2 N–H and O–H groups in total. The molecular weight excluding hydrogens is 368 g/mol. The standard InChI is InChI=1S/C12H14Cl2F2N2O.2ClH/c13-7-5-8(11(19)9(14)6-7)10(12(15)16)18-3-1-17-2-4-18;;/h5-6,10,12,17,19H,1-4H2;2*1H/t10-;;/m0../s1.